The Morgan fingerprint density at radius 1 is 1.03 bits per heavy atom. The number of rotatable bonds is 10. The molecule has 2 aromatic rings. The maximum Gasteiger partial charge on any atom is 0.407 e. The lowest BCUT2D eigenvalue weighted by Crippen LogP contribution is -2.41. The zero-order valence-electron chi connectivity index (χ0n) is 17.1. The number of carboxylic acid groups (broad SMARTS) is 1. The van der Waals surface area contributed by atoms with Gasteiger partial charge < -0.3 is 19.9 Å². The summed E-state index contributed by atoms with van der Waals surface area (Å²) in [5, 5.41) is 11.7. The minimum absolute atomic E-state index is 0.0595. The van der Waals surface area contributed by atoms with E-state index in [2.05, 4.69) is 11.9 Å². The zero-order valence-corrected chi connectivity index (χ0v) is 17.1. The summed E-state index contributed by atoms with van der Waals surface area (Å²) in [6.07, 6.45) is 1.06. The number of benzene rings is 2. The molecule has 7 heteroatoms. The molecular weight excluding hydrogens is 398 g/mol. The SMILES string of the molecule is C=CCOC(=O)CCC[C@H](NC(=O)OCC1c2ccccc2-c2ccccc21)C(=O)O. The molecule has 0 radical (unpaired) electrons. The Bertz CT molecular complexity index is 925. The molecule has 0 aromatic heterocycles. The molecule has 7 nitrogen and oxygen atoms in total. The number of ether oxygens (including phenoxy) is 2. The normalized spacial score (nSPS) is 12.9. The molecule has 31 heavy (non-hydrogen) atoms. The predicted octanol–water partition coefficient (Wildman–Crippen LogP) is 3.88. The Balaban J connectivity index is 1.54. The van der Waals surface area contributed by atoms with Crippen LogP contribution in [0, 0.1) is 0 Å². The van der Waals surface area contributed by atoms with E-state index in [0.717, 1.165) is 22.3 Å². The first-order valence-electron chi connectivity index (χ1n) is 10.1. The largest absolute Gasteiger partial charge is 0.480 e. The Labute approximate surface area is 180 Å². The molecule has 0 fully saturated rings. The monoisotopic (exact) mass is 423 g/mol. The van der Waals surface area contributed by atoms with Crippen LogP contribution in [0.4, 0.5) is 4.79 Å². The average Bonchev–Trinajstić information content (AvgIpc) is 3.09. The highest BCUT2D eigenvalue weighted by Crippen LogP contribution is 2.44. The number of esters is 1. The molecule has 1 amide bonds. The second-order valence-corrected chi connectivity index (χ2v) is 7.22. The third kappa shape index (κ3) is 5.51. The van der Waals surface area contributed by atoms with E-state index in [1.165, 1.54) is 6.08 Å². The van der Waals surface area contributed by atoms with Crippen LogP contribution < -0.4 is 5.32 Å². The highest BCUT2D eigenvalue weighted by molar-refractivity contribution is 5.81. The molecular formula is C24H25NO6. The van der Waals surface area contributed by atoms with Crippen molar-refractivity contribution in [2.24, 2.45) is 0 Å². The molecule has 1 aliphatic rings. The number of aliphatic carboxylic acids is 1. The van der Waals surface area contributed by atoms with Gasteiger partial charge in [0.1, 0.15) is 19.3 Å². The lowest BCUT2D eigenvalue weighted by atomic mass is 9.98. The summed E-state index contributed by atoms with van der Waals surface area (Å²) in [4.78, 5) is 35.2. The molecule has 2 aromatic carbocycles. The fraction of sp³-hybridized carbons (Fsp3) is 0.292. The zero-order chi connectivity index (χ0) is 22.2. The van der Waals surface area contributed by atoms with Crippen molar-refractivity contribution in [3.05, 3.63) is 72.3 Å². The molecule has 2 N–H and O–H groups in total. The third-order valence-corrected chi connectivity index (χ3v) is 5.17. The summed E-state index contributed by atoms with van der Waals surface area (Å²) < 4.78 is 10.2. The molecule has 0 aliphatic heterocycles. The molecule has 0 bridgehead atoms. The van der Waals surface area contributed by atoms with Gasteiger partial charge in [0.15, 0.2) is 0 Å². The summed E-state index contributed by atoms with van der Waals surface area (Å²) in [7, 11) is 0. The van der Waals surface area contributed by atoms with E-state index in [0.29, 0.717) is 0 Å². The molecule has 0 spiro atoms. The molecule has 0 saturated heterocycles. The van der Waals surface area contributed by atoms with Crippen molar-refractivity contribution in [3.8, 4) is 11.1 Å². The Kier molecular flexibility index (Phi) is 7.43. The van der Waals surface area contributed by atoms with Crippen LogP contribution in [0.15, 0.2) is 61.2 Å². The van der Waals surface area contributed by atoms with Crippen LogP contribution in [-0.4, -0.2) is 42.4 Å². The molecule has 0 saturated carbocycles. The number of hydrogen-bond donors (Lipinski definition) is 2. The third-order valence-electron chi connectivity index (χ3n) is 5.17. The van der Waals surface area contributed by atoms with E-state index < -0.39 is 24.1 Å². The first-order valence-corrected chi connectivity index (χ1v) is 10.1. The van der Waals surface area contributed by atoms with Crippen LogP contribution in [0.25, 0.3) is 11.1 Å². The standard InChI is InChI=1S/C24H25NO6/c1-2-14-30-22(26)13-7-12-21(23(27)28)25-24(29)31-15-20-18-10-5-3-8-16(18)17-9-4-6-11-19(17)20/h2-6,8-11,20-21H,1,7,12-15H2,(H,25,29)(H,27,28)/t21-/m0/s1. The number of amides is 1. The van der Waals surface area contributed by atoms with E-state index in [1.54, 1.807) is 0 Å². The lowest BCUT2D eigenvalue weighted by molar-refractivity contribution is -0.143. The first kappa shape index (κ1) is 22.1. The van der Waals surface area contributed by atoms with Crippen LogP contribution in [0.1, 0.15) is 36.3 Å². The van der Waals surface area contributed by atoms with Crippen molar-refractivity contribution >= 4 is 18.0 Å². The molecule has 1 atom stereocenters. The van der Waals surface area contributed by atoms with Crippen molar-refractivity contribution < 1.29 is 29.0 Å². The van der Waals surface area contributed by atoms with Gasteiger partial charge in [0.25, 0.3) is 0 Å². The van der Waals surface area contributed by atoms with Gasteiger partial charge in [-0.05, 0) is 35.1 Å². The Morgan fingerprint density at radius 2 is 1.65 bits per heavy atom. The van der Waals surface area contributed by atoms with Crippen molar-refractivity contribution in [1.29, 1.82) is 0 Å². The van der Waals surface area contributed by atoms with E-state index in [1.807, 2.05) is 48.5 Å². The fourth-order valence-electron chi connectivity index (χ4n) is 3.71. The molecule has 0 unspecified atom stereocenters. The summed E-state index contributed by atoms with van der Waals surface area (Å²) in [6.45, 7) is 3.66. The van der Waals surface area contributed by atoms with Crippen LogP contribution in [0.3, 0.4) is 0 Å². The van der Waals surface area contributed by atoms with Crippen LogP contribution in [0.5, 0.6) is 0 Å². The Hall–Kier alpha value is -3.61. The highest BCUT2D eigenvalue weighted by atomic mass is 16.5. The van der Waals surface area contributed by atoms with E-state index in [9.17, 15) is 19.5 Å². The van der Waals surface area contributed by atoms with Gasteiger partial charge in [-0.25, -0.2) is 9.59 Å². The second kappa shape index (κ2) is 10.4. The molecule has 3 rings (SSSR count). The smallest absolute Gasteiger partial charge is 0.407 e. The summed E-state index contributed by atoms with van der Waals surface area (Å²) >= 11 is 0. The predicted molar refractivity (Wildman–Crippen MR) is 115 cm³/mol. The van der Waals surface area contributed by atoms with Crippen LogP contribution >= 0.6 is 0 Å². The number of carbonyl (C=O) groups excluding carboxylic acids is 2. The Morgan fingerprint density at radius 3 is 2.23 bits per heavy atom. The van der Waals surface area contributed by atoms with Gasteiger partial charge in [-0.2, -0.15) is 0 Å². The van der Waals surface area contributed by atoms with Crippen molar-refractivity contribution in [1.82, 2.24) is 5.32 Å². The van der Waals surface area contributed by atoms with Gasteiger partial charge in [-0.3, -0.25) is 4.79 Å². The van der Waals surface area contributed by atoms with Gasteiger partial charge >= 0.3 is 18.0 Å². The lowest BCUT2D eigenvalue weighted by Gasteiger charge is -2.17. The van der Waals surface area contributed by atoms with Crippen LogP contribution in [0.2, 0.25) is 0 Å². The fourth-order valence-corrected chi connectivity index (χ4v) is 3.71. The van der Waals surface area contributed by atoms with Gasteiger partial charge in [-0.1, -0.05) is 61.2 Å². The van der Waals surface area contributed by atoms with Gasteiger partial charge in [0.05, 0.1) is 0 Å². The molecule has 162 valence electrons. The van der Waals surface area contributed by atoms with Gasteiger partial charge in [0, 0.05) is 12.3 Å². The number of hydrogen-bond acceptors (Lipinski definition) is 5. The highest BCUT2D eigenvalue weighted by Gasteiger charge is 2.29. The summed E-state index contributed by atoms with van der Waals surface area (Å²) in [5.41, 5.74) is 4.37. The number of carboxylic acids is 1. The minimum Gasteiger partial charge on any atom is -0.480 e. The number of nitrogens with one attached hydrogen (secondary N) is 1. The summed E-state index contributed by atoms with van der Waals surface area (Å²) in [5.74, 6) is -1.74. The first-order chi connectivity index (χ1) is 15.0. The average molecular weight is 423 g/mol. The maximum absolute atomic E-state index is 12.3. The van der Waals surface area contributed by atoms with E-state index in [-0.39, 0.29) is 38.4 Å². The summed E-state index contributed by atoms with van der Waals surface area (Å²) in [6, 6.07) is 14.8. The van der Waals surface area contributed by atoms with Gasteiger partial charge in [0.2, 0.25) is 0 Å². The number of carbonyl (C=O) groups is 3. The second-order valence-electron chi connectivity index (χ2n) is 7.22. The van der Waals surface area contributed by atoms with Crippen molar-refractivity contribution in [2.45, 2.75) is 31.2 Å². The molecule has 1 aliphatic carbocycles. The van der Waals surface area contributed by atoms with E-state index in [4.69, 9.17) is 9.47 Å². The topological polar surface area (TPSA) is 102 Å². The number of fused-ring (bicyclic) bond motifs is 3. The molecule has 0 heterocycles. The van der Waals surface area contributed by atoms with Gasteiger partial charge in [-0.15, -0.1) is 0 Å². The maximum atomic E-state index is 12.3. The van der Waals surface area contributed by atoms with Crippen LogP contribution in [-0.2, 0) is 19.1 Å². The quantitative estimate of drug-likeness (QED) is 0.444. The van der Waals surface area contributed by atoms with Crippen molar-refractivity contribution in [2.75, 3.05) is 13.2 Å². The minimum atomic E-state index is -1.19. The van der Waals surface area contributed by atoms with E-state index >= 15 is 0 Å². The number of alkyl carbamates (subject to hydrolysis) is 1. The van der Waals surface area contributed by atoms with Crippen molar-refractivity contribution in [3.63, 3.8) is 0 Å².